The summed E-state index contributed by atoms with van der Waals surface area (Å²) in [5.41, 5.74) is 1.90. The Hall–Kier alpha value is -3.42. The van der Waals surface area contributed by atoms with Crippen LogP contribution in [0, 0.1) is 6.92 Å². The largest absolute Gasteiger partial charge is 0.462 e. The van der Waals surface area contributed by atoms with Crippen LogP contribution in [-0.4, -0.2) is 26.7 Å². The molecule has 0 bridgehead atoms. The van der Waals surface area contributed by atoms with Crippen LogP contribution >= 0.6 is 0 Å². The molecule has 3 aromatic rings. The maximum atomic E-state index is 12.7. The minimum Gasteiger partial charge on any atom is -0.462 e. The molecule has 0 aliphatic rings. The van der Waals surface area contributed by atoms with Crippen molar-refractivity contribution in [3.63, 3.8) is 0 Å². The van der Waals surface area contributed by atoms with E-state index in [-0.39, 0.29) is 0 Å². The molecule has 2 heterocycles. The Morgan fingerprint density at radius 3 is 2.44 bits per heavy atom. The number of benzene rings is 1. The molecular formula is C19H20N4O4. The molecule has 2 aromatic heterocycles. The van der Waals surface area contributed by atoms with Crippen molar-refractivity contribution in [2.24, 2.45) is 14.1 Å². The summed E-state index contributed by atoms with van der Waals surface area (Å²) < 4.78 is 7.36. The second-order valence-corrected chi connectivity index (χ2v) is 6.14. The van der Waals surface area contributed by atoms with Crippen molar-refractivity contribution >= 4 is 28.4 Å². The molecule has 0 saturated heterocycles. The molecule has 0 atom stereocenters. The van der Waals surface area contributed by atoms with Crippen LogP contribution in [0.4, 0.5) is 11.4 Å². The Morgan fingerprint density at radius 1 is 1.15 bits per heavy atom. The van der Waals surface area contributed by atoms with Crippen molar-refractivity contribution in [1.29, 1.82) is 0 Å². The predicted molar refractivity (Wildman–Crippen MR) is 103 cm³/mol. The topological polar surface area (TPSA) is 95.2 Å². The first-order chi connectivity index (χ1) is 12.8. The highest BCUT2D eigenvalue weighted by atomic mass is 16.5. The van der Waals surface area contributed by atoms with Gasteiger partial charge in [0.2, 0.25) is 0 Å². The molecule has 3 rings (SSSR count). The monoisotopic (exact) mass is 368 g/mol. The Labute approximate surface area is 155 Å². The number of anilines is 2. The normalized spacial score (nSPS) is 10.8. The summed E-state index contributed by atoms with van der Waals surface area (Å²) in [5.74, 6) is -0.390. The zero-order chi connectivity index (χ0) is 19.7. The molecule has 1 aromatic carbocycles. The van der Waals surface area contributed by atoms with Gasteiger partial charge in [0.15, 0.2) is 5.65 Å². The van der Waals surface area contributed by atoms with E-state index in [1.54, 1.807) is 44.4 Å². The van der Waals surface area contributed by atoms with Gasteiger partial charge in [0, 0.05) is 26.0 Å². The number of ether oxygens (including phenoxy) is 1. The number of aromatic nitrogens is 3. The molecule has 0 saturated carbocycles. The van der Waals surface area contributed by atoms with Gasteiger partial charge >= 0.3 is 11.7 Å². The van der Waals surface area contributed by atoms with Gasteiger partial charge in [-0.05, 0) is 43.7 Å². The maximum Gasteiger partial charge on any atom is 0.338 e. The van der Waals surface area contributed by atoms with E-state index in [1.165, 1.54) is 11.6 Å². The van der Waals surface area contributed by atoms with E-state index in [0.717, 1.165) is 10.1 Å². The van der Waals surface area contributed by atoms with Crippen molar-refractivity contribution in [3.05, 3.63) is 62.4 Å². The minimum atomic E-state index is -0.436. The molecule has 0 amide bonds. The van der Waals surface area contributed by atoms with Crippen molar-refractivity contribution < 1.29 is 9.53 Å². The van der Waals surface area contributed by atoms with E-state index in [0.29, 0.717) is 34.6 Å². The fourth-order valence-electron chi connectivity index (χ4n) is 2.83. The molecule has 1 N–H and O–H groups in total. The third-order valence-electron chi connectivity index (χ3n) is 4.32. The lowest BCUT2D eigenvalue weighted by Gasteiger charge is -2.14. The van der Waals surface area contributed by atoms with Gasteiger partial charge < -0.3 is 10.1 Å². The van der Waals surface area contributed by atoms with Gasteiger partial charge in [-0.15, -0.1) is 0 Å². The van der Waals surface area contributed by atoms with Crippen LogP contribution in [0.5, 0.6) is 0 Å². The summed E-state index contributed by atoms with van der Waals surface area (Å²) >= 11 is 0. The summed E-state index contributed by atoms with van der Waals surface area (Å²) in [4.78, 5) is 40.8. The number of fused-ring (bicyclic) bond motifs is 1. The molecule has 0 aliphatic heterocycles. The van der Waals surface area contributed by atoms with Crippen LogP contribution in [0.25, 0.3) is 11.0 Å². The van der Waals surface area contributed by atoms with E-state index >= 15 is 0 Å². The summed E-state index contributed by atoms with van der Waals surface area (Å²) in [6, 6.07) is 6.74. The molecule has 8 nitrogen and oxygen atoms in total. The Bertz CT molecular complexity index is 1140. The lowest BCUT2D eigenvalue weighted by Crippen LogP contribution is -2.37. The third kappa shape index (κ3) is 3.21. The van der Waals surface area contributed by atoms with Gasteiger partial charge in [-0.25, -0.2) is 14.6 Å². The lowest BCUT2D eigenvalue weighted by molar-refractivity contribution is 0.0526. The van der Waals surface area contributed by atoms with Gasteiger partial charge in [0.25, 0.3) is 5.56 Å². The van der Waals surface area contributed by atoms with E-state index in [9.17, 15) is 14.4 Å². The average Bonchev–Trinajstić information content (AvgIpc) is 2.67. The minimum absolute atomic E-state index is 0.305. The summed E-state index contributed by atoms with van der Waals surface area (Å²) in [6.45, 7) is 3.88. The first kappa shape index (κ1) is 18.4. The first-order valence-corrected chi connectivity index (χ1v) is 8.44. The van der Waals surface area contributed by atoms with Gasteiger partial charge in [-0.2, -0.15) is 0 Å². The molecule has 0 aliphatic carbocycles. The lowest BCUT2D eigenvalue weighted by atomic mass is 10.1. The molecule has 140 valence electrons. The summed E-state index contributed by atoms with van der Waals surface area (Å²) in [7, 11) is 3.01. The highest BCUT2D eigenvalue weighted by Gasteiger charge is 2.16. The predicted octanol–water partition coefficient (Wildman–Crippen LogP) is 1.86. The zero-order valence-electron chi connectivity index (χ0n) is 15.6. The molecule has 0 fully saturated rings. The number of rotatable bonds is 4. The Morgan fingerprint density at radius 2 is 1.81 bits per heavy atom. The van der Waals surface area contributed by atoms with Crippen molar-refractivity contribution in [1.82, 2.24) is 14.1 Å². The number of hydrogen-bond donors (Lipinski definition) is 1. The summed E-state index contributed by atoms with van der Waals surface area (Å²) in [6.07, 6.45) is 1.61. The molecule has 0 unspecified atom stereocenters. The molecule has 0 radical (unpaired) electrons. The van der Waals surface area contributed by atoms with Crippen molar-refractivity contribution in [2.45, 2.75) is 13.8 Å². The molecule has 27 heavy (non-hydrogen) atoms. The molecular weight excluding hydrogens is 348 g/mol. The van der Waals surface area contributed by atoms with Crippen LogP contribution < -0.4 is 16.6 Å². The molecule has 8 heteroatoms. The van der Waals surface area contributed by atoms with Gasteiger partial charge in [-0.3, -0.25) is 13.9 Å². The first-order valence-electron chi connectivity index (χ1n) is 8.44. The smallest absolute Gasteiger partial charge is 0.338 e. The van der Waals surface area contributed by atoms with E-state index in [4.69, 9.17) is 4.74 Å². The SMILES string of the molecule is CCOC(=O)c1ccc(Nc2c(C)cnc3c2c(=O)n(C)c(=O)n3C)cc1. The van der Waals surface area contributed by atoms with Gasteiger partial charge in [-0.1, -0.05) is 0 Å². The number of carbonyl (C=O) groups is 1. The highest BCUT2D eigenvalue weighted by molar-refractivity contribution is 5.93. The number of aryl methyl sites for hydroxylation is 2. The van der Waals surface area contributed by atoms with Crippen molar-refractivity contribution in [3.8, 4) is 0 Å². The van der Waals surface area contributed by atoms with Crippen LogP contribution in [0.3, 0.4) is 0 Å². The number of pyridine rings is 1. The van der Waals surface area contributed by atoms with Crippen LogP contribution in [0.1, 0.15) is 22.8 Å². The number of hydrogen-bond acceptors (Lipinski definition) is 6. The van der Waals surface area contributed by atoms with Crippen molar-refractivity contribution in [2.75, 3.05) is 11.9 Å². The van der Waals surface area contributed by atoms with Gasteiger partial charge in [0.05, 0.1) is 17.9 Å². The second kappa shape index (κ2) is 7.06. The number of nitrogens with zero attached hydrogens (tertiary/aromatic N) is 3. The number of esters is 1. The third-order valence-corrected chi connectivity index (χ3v) is 4.32. The van der Waals surface area contributed by atoms with E-state index in [2.05, 4.69) is 10.3 Å². The zero-order valence-corrected chi connectivity index (χ0v) is 15.6. The Balaban J connectivity index is 2.10. The fourth-order valence-corrected chi connectivity index (χ4v) is 2.83. The van der Waals surface area contributed by atoms with Gasteiger partial charge in [0.1, 0.15) is 5.39 Å². The maximum absolute atomic E-state index is 12.7. The second-order valence-electron chi connectivity index (χ2n) is 6.14. The Kier molecular flexibility index (Phi) is 4.81. The quantitative estimate of drug-likeness (QED) is 0.707. The average molecular weight is 368 g/mol. The fraction of sp³-hybridized carbons (Fsp3) is 0.263. The standard InChI is InChI=1S/C19H20N4O4/c1-5-27-18(25)12-6-8-13(9-7-12)21-15-11(2)10-20-16-14(15)17(24)23(4)19(26)22(16)3/h6-10H,5H2,1-4H3,(H,20,21). The number of nitrogens with one attached hydrogen (secondary N) is 1. The highest BCUT2D eigenvalue weighted by Crippen LogP contribution is 2.26. The van der Waals surface area contributed by atoms with Crippen LogP contribution in [-0.2, 0) is 18.8 Å². The molecule has 0 spiro atoms. The number of carbonyl (C=O) groups excluding carboxylic acids is 1. The summed E-state index contributed by atoms with van der Waals surface area (Å²) in [5, 5.41) is 3.54. The van der Waals surface area contributed by atoms with E-state index < -0.39 is 17.2 Å². The van der Waals surface area contributed by atoms with Crippen LogP contribution in [0.15, 0.2) is 40.1 Å². The van der Waals surface area contributed by atoms with E-state index in [1.807, 2.05) is 6.92 Å². The van der Waals surface area contributed by atoms with Crippen LogP contribution in [0.2, 0.25) is 0 Å².